The summed E-state index contributed by atoms with van der Waals surface area (Å²) < 4.78 is 7.02. The normalized spacial score (nSPS) is 10.9. The molecule has 1 amide bonds. The Morgan fingerprint density at radius 1 is 1.16 bits per heavy atom. The van der Waals surface area contributed by atoms with E-state index in [4.69, 9.17) is 4.74 Å². The second kappa shape index (κ2) is 9.00. The number of fused-ring (bicyclic) bond motifs is 1. The quantitative estimate of drug-likeness (QED) is 0.427. The van der Waals surface area contributed by atoms with Gasteiger partial charge in [0.15, 0.2) is 11.0 Å². The number of aromatic amines is 1. The van der Waals surface area contributed by atoms with Crippen molar-refractivity contribution < 1.29 is 9.53 Å². The number of nitrogens with zero attached hydrogens (tertiary/aromatic N) is 4. The fourth-order valence-electron chi connectivity index (χ4n) is 3.05. The Bertz CT molecular complexity index is 1300. The number of ether oxygens (including phenoxy) is 1. The largest absolute Gasteiger partial charge is 0.496 e. The zero-order valence-electron chi connectivity index (χ0n) is 17.0. The Kier molecular flexibility index (Phi) is 5.99. The number of thioether (sulfide) groups is 1. The lowest BCUT2D eigenvalue weighted by Gasteiger charge is -2.09. The van der Waals surface area contributed by atoms with E-state index in [1.54, 1.807) is 41.0 Å². The highest BCUT2D eigenvalue weighted by Crippen LogP contribution is 2.20. The number of nitrogens with one attached hydrogen (secondary N) is 2. The van der Waals surface area contributed by atoms with Crippen molar-refractivity contribution >= 4 is 28.6 Å². The van der Waals surface area contributed by atoms with E-state index in [1.165, 1.54) is 18.9 Å². The minimum absolute atomic E-state index is 0.168. The lowest BCUT2D eigenvalue weighted by Crippen LogP contribution is -2.25. The van der Waals surface area contributed by atoms with E-state index in [2.05, 4.69) is 25.5 Å². The number of methoxy groups -OCH3 is 1. The summed E-state index contributed by atoms with van der Waals surface area (Å²) in [6, 6.07) is 14.2. The molecule has 4 rings (SSSR count). The molecule has 0 radical (unpaired) electrons. The average molecular weight is 436 g/mol. The van der Waals surface area contributed by atoms with Gasteiger partial charge in [0.25, 0.3) is 11.5 Å². The number of hydrogen-bond donors (Lipinski definition) is 2. The predicted octanol–water partition coefficient (Wildman–Crippen LogP) is 2.28. The van der Waals surface area contributed by atoms with Crippen LogP contribution in [0.15, 0.2) is 58.5 Å². The minimum atomic E-state index is -0.257. The van der Waals surface area contributed by atoms with Crippen molar-refractivity contribution in [2.24, 2.45) is 7.05 Å². The summed E-state index contributed by atoms with van der Waals surface area (Å²) in [5.41, 5.74) is 0.937. The summed E-state index contributed by atoms with van der Waals surface area (Å²) in [6.07, 6.45) is 0. The van der Waals surface area contributed by atoms with Gasteiger partial charge in [0.1, 0.15) is 11.6 Å². The molecule has 0 aliphatic heterocycles. The van der Waals surface area contributed by atoms with E-state index in [0.717, 1.165) is 0 Å². The van der Waals surface area contributed by atoms with Crippen LogP contribution in [0.1, 0.15) is 22.0 Å². The molecule has 0 atom stereocenters. The molecule has 0 aliphatic carbocycles. The molecule has 31 heavy (non-hydrogen) atoms. The molecule has 0 spiro atoms. The van der Waals surface area contributed by atoms with Gasteiger partial charge >= 0.3 is 0 Å². The van der Waals surface area contributed by atoms with Crippen LogP contribution in [0.2, 0.25) is 0 Å². The summed E-state index contributed by atoms with van der Waals surface area (Å²) in [4.78, 5) is 32.0. The Morgan fingerprint density at radius 2 is 1.94 bits per heavy atom. The van der Waals surface area contributed by atoms with Crippen molar-refractivity contribution in [2.45, 2.75) is 17.5 Å². The molecule has 9 nitrogen and oxygen atoms in total. The molecule has 0 saturated heterocycles. The predicted molar refractivity (Wildman–Crippen MR) is 117 cm³/mol. The highest BCUT2D eigenvalue weighted by atomic mass is 32.2. The maximum absolute atomic E-state index is 12.5. The molecule has 2 N–H and O–H groups in total. The molecule has 0 bridgehead atoms. The first-order valence-corrected chi connectivity index (χ1v) is 10.5. The molecule has 0 unspecified atom stereocenters. The lowest BCUT2D eigenvalue weighted by molar-refractivity contribution is 0.0946. The number of benzene rings is 2. The van der Waals surface area contributed by atoms with Gasteiger partial charge in [-0.05, 0) is 24.3 Å². The molecular weight excluding hydrogens is 416 g/mol. The van der Waals surface area contributed by atoms with Gasteiger partial charge in [-0.1, -0.05) is 36.0 Å². The van der Waals surface area contributed by atoms with Crippen molar-refractivity contribution in [1.29, 1.82) is 0 Å². The van der Waals surface area contributed by atoms with E-state index in [0.29, 0.717) is 44.8 Å². The van der Waals surface area contributed by atoms with Crippen molar-refractivity contribution in [2.75, 3.05) is 7.11 Å². The van der Waals surface area contributed by atoms with Gasteiger partial charge in [-0.25, -0.2) is 4.98 Å². The molecular formula is C21H20N6O3S. The summed E-state index contributed by atoms with van der Waals surface area (Å²) >= 11 is 1.40. The van der Waals surface area contributed by atoms with Crippen LogP contribution in [0.25, 0.3) is 10.9 Å². The maximum Gasteiger partial charge on any atom is 0.258 e. The molecule has 2 heterocycles. The second-order valence-corrected chi connectivity index (χ2v) is 7.60. The van der Waals surface area contributed by atoms with Crippen LogP contribution in [0.3, 0.4) is 0 Å². The summed E-state index contributed by atoms with van der Waals surface area (Å²) in [6.45, 7) is 0.214. The third-order valence-corrected chi connectivity index (χ3v) is 5.72. The fraction of sp³-hybridized carbons (Fsp3) is 0.190. The van der Waals surface area contributed by atoms with Crippen LogP contribution >= 0.6 is 11.8 Å². The summed E-state index contributed by atoms with van der Waals surface area (Å²) in [7, 11) is 3.35. The summed E-state index contributed by atoms with van der Waals surface area (Å²) in [5.74, 6) is 1.84. The number of carbonyl (C=O) groups is 1. The van der Waals surface area contributed by atoms with Gasteiger partial charge in [0.05, 0.1) is 35.9 Å². The van der Waals surface area contributed by atoms with Crippen molar-refractivity contribution in [3.05, 3.63) is 76.1 Å². The molecule has 2 aromatic heterocycles. The van der Waals surface area contributed by atoms with Crippen molar-refractivity contribution in [3.8, 4) is 5.75 Å². The highest BCUT2D eigenvalue weighted by molar-refractivity contribution is 7.98. The minimum Gasteiger partial charge on any atom is -0.496 e. The molecule has 0 fully saturated rings. The molecule has 158 valence electrons. The molecule has 0 saturated carbocycles. The molecule has 2 aromatic carbocycles. The third kappa shape index (κ3) is 4.43. The van der Waals surface area contributed by atoms with E-state index in [9.17, 15) is 9.59 Å². The van der Waals surface area contributed by atoms with E-state index in [-0.39, 0.29) is 18.0 Å². The van der Waals surface area contributed by atoms with E-state index < -0.39 is 0 Å². The van der Waals surface area contributed by atoms with Crippen LogP contribution in [0.4, 0.5) is 0 Å². The Hall–Kier alpha value is -3.66. The Labute approximate surface area is 181 Å². The van der Waals surface area contributed by atoms with Crippen molar-refractivity contribution in [1.82, 2.24) is 30.0 Å². The van der Waals surface area contributed by atoms with E-state index >= 15 is 0 Å². The zero-order chi connectivity index (χ0) is 21.8. The molecule has 0 aliphatic rings. The maximum atomic E-state index is 12.5. The zero-order valence-corrected chi connectivity index (χ0v) is 17.8. The number of hydrogen-bond acceptors (Lipinski definition) is 7. The number of amides is 1. The monoisotopic (exact) mass is 436 g/mol. The van der Waals surface area contributed by atoms with Crippen LogP contribution in [-0.2, 0) is 19.3 Å². The summed E-state index contributed by atoms with van der Waals surface area (Å²) in [5, 5.41) is 12.4. The standard InChI is InChI=1S/C21H20N6O3S/c1-27-18(11-22-19(28)14-8-4-6-10-16(14)30-2)25-26-21(27)31-12-17-23-15-9-5-3-7-13(15)20(29)24-17/h3-10H,11-12H2,1-2H3,(H,22,28)(H,23,24,29). The van der Waals surface area contributed by atoms with Gasteiger partial charge < -0.3 is 19.6 Å². The highest BCUT2D eigenvalue weighted by Gasteiger charge is 2.14. The second-order valence-electron chi connectivity index (χ2n) is 6.66. The van der Waals surface area contributed by atoms with Gasteiger partial charge in [-0.2, -0.15) is 0 Å². The van der Waals surface area contributed by atoms with Gasteiger partial charge in [-0.15, -0.1) is 10.2 Å². The number of H-pyrrole nitrogens is 1. The topological polar surface area (TPSA) is 115 Å². The van der Waals surface area contributed by atoms with Crippen LogP contribution < -0.4 is 15.6 Å². The molecule has 4 aromatic rings. The van der Waals surface area contributed by atoms with Crippen molar-refractivity contribution in [3.63, 3.8) is 0 Å². The van der Waals surface area contributed by atoms with Crippen LogP contribution in [0, 0.1) is 0 Å². The Morgan fingerprint density at radius 3 is 2.77 bits per heavy atom. The molecule has 10 heteroatoms. The first-order valence-electron chi connectivity index (χ1n) is 9.47. The number of rotatable bonds is 7. The average Bonchev–Trinajstić information content (AvgIpc) is 3.15. The van der Waals surface area contributed by atoms with Crippen LogP contribution in [0.5, 0.6) is 5.75 Å². The first-order chi connectivity index (χ1) is 15.1. The number of carbonyl (C=O) groups excluding carboxylic acids is 1. The third-order valence-electron chi connectivity index (χ3n) is 4.68. The lowest BCUT2D eigenvalue weighted by atomic mass is 10.2. The van der Waals surface area contributed by atoms with Crippen LogP contribution in [-0.4, -0.2) is 37.7 Å². The smallest absolute Gasteiger partial charge is 0.258 e. The first kappa shape index (κ1) is 20.6. The van der Waals surface area contributed by atoms with Gasteiger partial charge in [-0.3, -0.25) is 9.59 Å². The van der Waals surface area contributed by atoms with Gasteiger partial charge in [0, 0.05) is 7.05 Å². The Balaban J connectivity index is 1.42. The van der Waals surface area contributed by atoms with E-state index in [1.807, 2.05) is 19.2 Å². The fourth-order valence-corrected chi connectivity index (χ4v) is 3.85. The number of para-hydroxylation sites is 2. The number of aromatic nitrogens is 5. The van der Waals surface area contributed by atoms with Gasteiger partial charge in [0.2, 0.25) is 0 Å². The SMILES string of the molecule is COc1ccccc1C(=O)NCc1nnc(SCc2nc3ccccc3c(=O)[nH]2)n1C.